The highest BCUT2D eigenvalue weighted by atomic mass is 32.1. The molecule has 0 radical (unpaired) electrons. The quantitative estimate of drug-likeness (QED) is 0.657. The summed E-state index contributed by atoms with van der Waals surface area (Å²) in [6, 6.07) is 11.8. The highest BCUT2D eigenvalue weighted by Gasteiger charge is 2.07. The molecule has 0 unspecified atom stereocenters. The van der Waals surface area contributed by atoms with Gasteiger partial charge in [0.1, 0.15) is 10.8 Å². The van der Waals surface area contributed by atoms with Crippen LogP contribution in [0.2, 0.25) is 0 Å². The number of benzene rings is 1. The van der Waals surface area contributed by atoms with Crippen molar-refractivity contribution in [1.29, 1.82) is 0 Å². The zero-order valence-corrected chi connectivity index (χ0v) is 15.5. The van der Waals surface area contributed by atoms with Gasteiger partial charge in [0.25, 0.3) is 0 Å². The Kier molecular flexibility index (Phi) is 6.33. The van der Waals surface area contributed by atoms with Gasteiger partial charge in [0, 0.05) is 23.3 Å². The molecule has 1 aromatic carbocycles. The Labute approximate surface area is 157 Å². The van der Waals surface area contributed by atoms with Crippen LogP contribution in [0, 0.1) is 0 Å². The first-order valence-electron chi connectivity index (χ1n) is 8.58. The Morgan fingerprint density at radius 1 is 1.23 bits per heavy atom. The number of nitrogens with one attached hydrogen (secondary N) is 1. The molecule has 2 aromatic heterocycles. The number of amides is 1. The maximum atomic E-state index is 12.0. The van der Waals surface area contributed by atoms with Crippen molar-refractivity contribution in [2.45, 2.75) is 26.3 Å². The van der Waals surface area contributed by atoms with Crippen LogP contribution in [0.5, 0.6) is 5.75 Å². The topological polar surface area (TPSA) is 64.1 Å². The maximum absolute atomic E-state index is 12.0. The minimum atomic E-state index is -0.0499. The van der Waals surface area contributed by atoms with E-state index in [9.17, 15) is 4.79 Å². The molecule has 5 nitrogen and oxygen atoms in total. The molecule has 6 heteroatoms. The molecule has 0 aliphatic carbocycles. The number of pyridine rings is 1. The van der Waals surface area contributed by atoms with Gasteiger partial charge in [0.2, 0.25) is 5.91 Å². The van der Waals surface area contributed by atoms with E-state index >= 15 is 0 Å². The number of hydrogen-bond acceptors (Lipinski definition) is 5. The van der Waals surface area contributed by atoms with Crippen LogP contribution in [0.15, 0.2) is 54.2 Å². The second-order valence-corrected chi connectivity index (χ2v) is 6.62. The fraction of sp³-hybridized carbons (Fsp3) is 0.250. The minimum Gasteiger partial charge on any atom is -0.493 e. The molecular weight excluding hydrogens is 346 g/mol. The third-order valence-electron chi connectivity index (χ3n) is 3.86. The van der Waals surface area contributed by atoms with Crippen molar-refractivity contribution < 1.29 is 9.53 Å². The SMILES string of the molecule is CCc1ccc(OCCC(=O)NCc2csc(-c3cccnc3)n2)cc1. The lowest BCUT2D eigenvalue weighted by Crippen LogP contribution is -2.24. The third kappa shape index (κ3) is 5.13. The summed E-state index contributed by atoms with van der Waals surface area (Å²) in [5.74, 6) is 0.738. The molecule has 2 heterocycles. The van der Waals surface area contributed by atoms with Gasteiger partial charge in [0.15, 0.2) is 0 Å². The predicted molar refractivity (Wildman–Crippen MR) is 103 cm³/mol. The van der Waals surface area contributed by atoms with Crippen molar-refractivity contribution in [2.24, 2.45) is 0 Å². The largest absolute Gasteiger partial charge is 0.493 e. The molecule has 26 heavy (non-hydrogen) atoms. The summed E-state index contributed by atoms with van der Waals surface area (Å²) in [6.07, 6.45) is 4.83. The average molecular weight is 367 g/mol. The summed E-state index contributed by atoms with van der Waals surface area (Å²) in [4.78, 5) is 20.6. The Hall–Kier alpha value is -2.73. The van der Waals surface area contributed by atoms with E-state index in [2.05, 4.69) is 22.2 Å². The van der Waals surface area contributed by atoms with Gasteiger partial charge < -0.3 is 10.1 Å². The third-order valence-corrected chi connectivity index (χ3v) is 4.80. The Bertz CT molecular complexity index is 832. The van der Waals surface area contributed by atoms with Crippen molar-refractivity contribution in [2.75, 3.05) is 6.61 Å². The second-order valence-electron chi connectivity index (χ2n) is 5.76. The number of thiazole rings is 1. The van der Waals surface area contributed by atoms with Crippen LogP contribution in [-0.4, -0.2) is 22.5 Å². The highest BCUT2D eigenvalue weighted by Crippen LogP contribution is 2.22. The molecule has 0 aliphatic rings. The van der Waals surface area contributed by atoms with Gasteiger partial charge in [0.05, 0.1) is 25.3 Å². The van der Waals surface area contributed by atoms with Crippen LogP contribution in [0.1, 0.15) is 24.6 Å². The highest BCUT2D eigenvalue weighted by molar-refractivity contribution is 7.13. The summed E-state index contributed by atoms with van der Waals surface area (Å²) in [6.45, 7) is 2.89. The first kappa shape index (κ1) is 18.1. The van der Waals surface area contributed by atoms with E-state index in [4.69, 9.17) is 4.74 Å². The van der Waals surface area contributed by atoms with Gasteiger partial charge in [-0.3, -0.25) is 9.78 Å². The lowest BCUT2D eigenvalue weighted by molar-refractivity contribution is -0.121. The van der Waals surface area contributed by atoms with E-state index in [1.807, 2.05) is 41.8 Å². The van der Waals surface area contributed by atoms with Crippen LogP contribution < -0.4 is 10.1 Å². The van der Waals surface area contributed by atoms with Crippen molar-refractivity contribution in [3.63, 3.8) is 0 Å². The molecule has 3 rings (SSSR count). The van der Waals surface area contributed by atoms with Gasteiger partial charge in [-0.1, -0.05) is 19.1 Å². The molecule has 0 atom stereocenters. The lowest BCUT2D eigenvalue weighted by atomic mass is 10.2. The normalized spacial score (nSPS) is 10.5. The predicted octanol–water partition coefficient (Wildman–Crippen LogP) is 3.85. The van der Waals surface area contributed by atoms with Crippen LogP contribution >= 0.6 is 11.3 Å². The van der Waals surface area contributed by atoms with Crippen LogP contribution in [-0.2, 0) is 17.8 Å². The molecule has 3 aromatic rings. The lowest BCUT2D eigenvalue weighted by Gasteiger charge is -2.07. The Morgan fingerprint density at radius 3 is 2.81 bits per heavy atom. The van der Waals surface area contributed by atoms with E-state index in [1.165, 1.54) is 5.56 Å². The fourth-order valence-electron chi connectivity index (χ4n) is 2.37. The van der Waals surface area contributed by atoms with E-state index in [0.717, 1.165) is 28.4 Å². The summed E-state index contributed by atoms with van der Waals surface area (Å²) in [7, 11) is 0. The second kappa shape index (κ2) is 9.10. The average Bonchev–Trinajstić information content (AvgIpc) is 3.17. The number of nitrogens with zero attached hydrogens (tertiary/aromatic N) is 2. The molecule has 0 saturated heterocycles. The number of carbonyl (C=O) groups is 1. The van der Waals surface area contributed by atoms with Crippen molar-refractivity contribution in [3.8, 4) is 16.3 Å². The number of ether oxygens (including phenoxy) is 1. The molecule has 1 amide bonds. The first-order valence-corrected chi connectivity index (χ1v) is 9.46. The fourth-order valence-corrected chi connectivity index (χ4v) is 3.18. The number of rotatable bonds is 8. The number of aromatic nitrogens is 2. The van der Waals surface area contributed by atoms with Gasteiger partial charge in [-0.25, -0.2) is 4.98 Å². The van der Waals surface area contributed by atoms with Crippen molar-refractivity contribution in [3.05, 3.63) is 65.4 Å². The first-order chi connectivity index (χ1) is 12.7. The van der Waals surface area contributed by atoms with Crippen molar-refractivity contribution >= 4 is 17.2 Å². The van der Waals surface area contributed by atoms with Crippen molar-refractivity contribution in [1.82, 2.24) is 15.3 Å². The number of hydrogen-bond donors (Lipinski definition) is 1. The van der Waals surface area contributed by atoms with Gasteiger partial charge in [-0.2, -0.15) is 0 Å². The standard InChI is InChI=1S/C20H21N3O2S/c1-2-15-5-7-18(8-6-15)25-11-9-19(24)22-13-17-14-26-20(23-17)16-4-3-10-21-12-16/h3-8,10,12,14H,2,9,11,13H2,1H3,(H,22,24). The Morgan fingerprint density at radius 2 is 2.08 bits per heavy atom. The molecular formula is C20H21N3O2S. The molecule has 0 fully saturated rings. The van der Waals surface area contributed by atoms with E-state index in [-0.39, 0.29) is 5.91 Å². The number of aryl methyl sites for hydroxylation is 1. The van der Waals surface area contributed by atoms with Crippen LogP contribution in [0.3, 0.4) is 0 Å². The van der Waals surface area contributed by atoms with E-state index in [0.29, 0.717) is 19.6 Å². The van der Waals surface area contributed by atoms with Gasteiger partial charge >= 0.3 is 0 Å². The molecule has 0 aliphatic heterocycles. The number of carbonyl (C=O) groups excluding carboxylic acids is 1. The summed E-state index contributed by atoms with van der Waals surface area (Å²) in [5.41, 5.74) is 3.10. The van der Waals surface area contributed by atoms with Crippen LogP contribution in [0.25, 0.3) is 10.6 Å². The van der Waals surface area contributed by atoms with Gasteiger partial charge in [-0.05, 0) is 36.2 Å². The molecule has 0 saturated carbocycles. The smallest absolute Gasteiger partial charge is 0.223 e. The molecule has 0 bridgehead atoms. The Balaban J connectivity index is 1.40. The van der Waals surface area contributed by atoms with E-state index in [1.54, 1.807) is 23.7 Å². The maximum Gasteiger partial charge on any atom is 0.223 e. The summed E-state index contributed by atoms with van der Waals surface area (Å²) < 4.78 is 5.61. The molecule has 1 N–H and O–H groups in total. The van der Waals surface area contributed by atoms with E-state index < -0.39 is 0 Å². The molecule has 0 spiro atoms. The summed E-state index contributed by atoms with van der Waals surface area (Å²) in [5, 5.41) is 5.73. The zero-order valence-electron chi connectivity index (χ0n) is 14.6. The summed E-state index contributed by atoms with van der Waals surface area (Å²) >= 11 is 1.55. The molecule has 134 valence electrons. The van der Waals surface area contributed by atoms with Crippen LogP contribution in [0.4, 0.5) is 0 Å². The zero-order chi connectivity index (χ0) is 18.2. The minimum absolute atomic E-state index is 0.0499. The monoisotopic (exact) mass is 367 g/mol. The van der Waals surface area contributed by atoms with Gasteiger partial charge in [-0.15, -0.1) is 11.3 Å².